The third-order valence-corrected chi connectivity index (χ3v) is 5.47. The van der Waals surface area contributed by atoms with Gasteiger partial charge in [0.05, 0.1) is 5.39 Å². The third-order valence-electron chi connectivity index (χ3n) is 5.47. The van der Waals surface area contributed by atoms with Crippen LogP contribution in [0.15, 0.2) is 65.5 Å². The molecule has 8 heteroatoms. The largest absolute Gasteiger partial charge is 0.319 e. The lowest BCUT2D eigenvalue weighted by Crippen LogP contribution is -2.42. The molecule has 2 amide bonds. The Hall–Kier alpha value is -4.20. The van der Waals surface area contributed by atoms with E-state index in [9.17, 15) is 14.4 Å². The zero-order valence-corrected chi connectivity index (χ0v) is 18.8. The maximum Gasteiger partial charge on any atom is 0.290 e. The van der Waals surface area contributed by atoms with Gasteiger partial charge in [-0.15, -0.1) is 0 Å². The molecule has 0 saturated carbocycles. The summed E-state index contributed by atoms with van der Waals surface area (Å²) in [4.78, 5) is 38.0. The molecule has 8 nitrogen and oxygen atoms in total. The van der Waals surface area contributed by atoms with Crippen molar-refractivity contribution in [1.82, 2.24) is 25.2 Å². The Bertz CT molecular complexity index is 1380. The number of hydrazine groups is 1. The molecule has 0 atom stereocenters. The molecular formula is C25H25N5O3. The summed E-state index contributed by atoms with van der Waals surface area (Å²) in [5.74, 6) is -1.05. The van der Waals surface area contributed by atoms with Crippen molar-refractivity contribution >= 4 is 22.6 Å². The maximum absolute atomic E-state index is 12.8. The fraction of sp³-hybridized carbons (Fsp3) is 0.200. The lowest BCUT2D eigenvalue weighted by atomic mass is 10.1. The minimum atomic E-state index is -0.598. The fourth-order valence-electron chi connectivity index (χ4n) is 3.85. The van der Waals surface area contributed by atoms with Gasteiger partial charge in [-0.05, 0) is 62.7 Å². The monoisotopic (exact) mass is 443 g/mol. The van der Waals surface area contributed by atoms with Crippen molar-refractivity contribution in [3.63, 3.8) is 0 Å². The average molecular weight is 444 g/mol. The number of nitrogens with zero attached hydrogens (tertiary/aromatic N) is 3. The predicted molar refractivity (Wildman–Crippen MR) is 126 cm³/mol. The maximum atomic E-state index is 12.8. The molecule has 0 unspecified atom stereocenters. The molecule has 0 saturated heterocycles. The Labute approximate surface area is 190 Å². The Kier molecular flexibility index (Phi) is 6.08. The summed E-state index contributed by atoms with van der Waals surface area (Å²) in [6.07, 6.45) is 0.696. The Balaban J connectivity index is 1.52. The highest BCUT2D eigenvalue weighted by Gasteiger charge is 2.17. The van der Waals surface area contributed by atoms with Crippen LogP contribution in [0.4, 0.5) is 0 Å². The molecule has 4 aromatic rings. The number of carbonyl (C=O) groups excluding carboxylic acids is 2. The van der Waals surface area contributed by atoms with Crippen LogP contribution in [-0.2, 0) is 6.54 Å². The Morgan fingerprint density at radius 1 is 0.848 bits per heavy atom. The Morgan fingerprint density at radius 2 is 1.45 bits per heavy atom. The molecule has 0 spiro atoms. The van der Waals surface area contributed by atoms with Gasteiger partial charge in [0.1, 0.15) is 0 Å². The van der Waals surface area contributed by atoms with Crippen LogP contribution < -0.4 is 16.4 Å². The topological polar surface area (TPSA) is 98.0 Å². The molecule has 4 rings (SSSR count). The summed E-state index contributed by atoms with van der Waals surface area (Å²) >= 11 is 0. The number of aryl methyl sites for hydroxylation is 3. The number of fused-ring (bicyclic) bond motifs is 1. The van der Waals surface area contributed by atoms with Crippen LogP contribution in [0.2, 0.25) is 0 Å². The second-order valence-corrected chi connectivity index (χ2v) is 7.83. The van der Waals surface area contributed by atoms with Crippen molar-refractivity contribution in [2.45, 2.75) is 33.7 Å². The van der Waals surface area contributed by atoms with Gasteiger partial charge in [-0.1, -0.05) is 25.1 Å². The summed E-state index contributed by atoms with van der Waals surface area (Å²) < 4.78 is 3.37. The fourth-order valence-corrected chi connectivity index (χ4v) is 3.85. The number of hydrogen-bond acceptors (Lipinski definition) is 4. The zero-order chi connectivity index (χ0) is 23.5. The average Bonchev–Trinajstić information content (AvgIpc) is 3.17. The second kappa shape index (κ2) is 9.12. The van der Waals surface area contributed by atoms with Crippen molar-refractivity contribution in [2.75, 3.05) is 0 Å². The van der Waals surface area contributed by atoms with E-state index in [0.29, 0.717) is 29.3 Å². The molecule has 0 aliphatic heterocycles. The lowest BCUT2D eigenvalue weighted by Gasteiger charge is -2.12. The van der Waals surface area contributed by atoms with E-state index in [2.05, 4.69) is 20.5 Å². The zero-order valence-electron chi connectivity index (χ0n) is 18.8. The summed E-state index contributed by atoms with van der Waals surface area (Å²) in [6, 6.07) is 18.0. The van der Waals surface area contributed by atoms with Crippen LogP contribution in [0.25, 0.3) is 16.5 Å². The number of hydrogen-bond donors (Lipinski definition) is 2. The van der Waals surface area contributed by atoms with E-state index >= 15 is 0 Å². The normalized spacial score (nSPS) is 10.9. The summed E-state index contributed by atoms with van der Waals surface area (Å²) in [5.41, 5.74) is 8.22. The van der Waals surface area contributed by atoms with Gasteiger partial charge in [0, 0.05) is 34.6 Å². The first kappa shape index (κ1) is 22.0. The Morgan fingerprint density at radius 3 is 2.09 bits per heavy atom. The molecule has 2 aromatic carbocycles. The molecule has 0 aliphatic rings. The van der Waals surface area contributed by atoms with Crippen LogP contribution in [0.5, 0.6) is 0 Å². The summed E-state index contributed by atoms with van der Waals surface area (Å²) in [7, 11) is 0. The first-order valence-electron chi connectivity index (χ1n) is 10.8. The predicted octanol–water partition coefficient (Wildman–Crippen LogP) is 3.29. The second-order valence-electron chi connectivity index (χ2n) is 7.83. The molecular weight excluding hydrogens is 418 g/mol. The van der Waals surface area contributed by atoms with Crippen molar-refractivity contribution < 1.29 is 9.59 Å². The molecule has 168 valence electrons. The van der Waals surface area contributed by atoms with Crippen LogP contribution >= 0.6 is 0 Å². The van der Waals surface area contributed by atoms with E-state index in [0.717, 1.165) is 17.1 Å². The van der Waals surface area contributed by atoms with Crippen molar-refractivity contribution in [3.8, 4) is 5.69 Å². The smallest absolute Gasteiger partial charge is 0.290 e. The first-order chi connectivity index (χ1) is 15.9. The molecule has 33 heavy (non-hydrogen) atoms. The van der Waals surface area contributed by atoms with E-state index < -0.39 is 11.8 Å². The van der Waals surface area contributed by atoms with Gasteiger partial charge < -0.3 is 4.57 Å². The molecule has 2 N–H and O–H groups in total. The van der Waals surface area contributed by atoms with Gasteiger partial charge in [-0.2, -0.15) is 5.10 Å². The summed E-state index contributed by atoms with van der Waals surface area (Å²) in [6.45, 7) is 6.35. The van der Waals surface area contributed by atoms with Gasteiger partial charge in [-0.25, -0.2) is 4.68 Å². The van der Waals surface area contributed by atoms with Crippen molar-refractivity contribution in [1.29, 1.82) is 0 Å². The van der Waals surface area contributed by atoms with Gasteiger partial charge in [0.2, 0.25) is 0 Å². The number of rotatable bonds is 5. The first-order valence-corrected chi connectivity index (χ1v) is 10.8. The highest BCUT2D eigenvalue weighted by molar-refractivity contribution is 6.06. The van der Waals surface area contributed by atoms with Crippen molar-refractivity contribution in [2.24, 2.45) is 0 Å². The van der Waals surface area contributed by atoms with E-state index in [1.54, 1.807) is 36.4 Å². The van der Waals surface area contributed by atoms with E-state index in [1.165, 1.54) is 4.68 Å². The van der Waals surface area contributed by atoms with Gasteiger partial charge in [0.15, 0.2) is 5.69 Å². The van der Waals surface area contributed by atoms with E-state index in [1.807, 2.05) is 45.0 Å². The molecule has 2 aromatic heterocycles. The van der Waals surface area contributed by atoms with Gasteiger partial charge in [0.25, 0.3) is 17.4 Å². The van der Waals surface area contributed by atoms with Crippen LogP contribution in [0, 0.1) is 13.8 Å². The van der Waals surface area contributed by atoms with Crippen molar-refractivity contribution in [3.05, 3.63) is 93.7 Å². The number of carbonyl (C=O) groups is 2. The van der Waals surface area contributed by atoms with Crippen LogP contribution in [0.1, 0.15) is 45.6 Å². The van der Waals surface area contributed by atoms with E-state index in [-0.39, 0.29) is 11.3 Å². The third kappa shape index (κ3) is 4.27. The molecule has 0 aliphatic carbocycles. The molecule has 0 fully saturated rings. The van der Waals surface area contributed by atoms with Crippen LogP contribution in [0.3, 0.4) is 0 Å². The lowest BCUT2D eigenvalue weighted by molar-refractivity contribution is 0.0843. The number of aromatic nitrogens is 3. The van der Waals surface area contributed by atoms with Gasteiger partial charge in [-0.3, -0.25) is 25.2 Å². The SMILES string of the molecule is CCCn1nc(C(=O)NNC(=O)c2ccc(-n3c(C)ccc3C)cc2)c2ccccc2c1=O. The number of amides is 2. The molecule has 2 heterocycles. The molecule has 0 radical (unpaired) electrons. The molecule has 0 bridgehead atoms. The van der Waals surface area contributed by atoms with Crippen LogP contribution in [-0.4, -0.2) is 26.2 Å². The van der Waals surface area contributed by atoms with E-state index in [4.69, 9.17) is 0 Å². The summed E-state index contributed by atoms with van der Waals surface area (Å²) in [5, 5.41) is 5.08. The number of benzene rings is 2. The highest BCUT2D eigenvalue weighted by Crippen LogP contribution is 2.17. The highest BCUT2D eigenvalue weighted by atomic mass is 16.2. The minimum Gasteiger partial charge on any atom is -0.319 e. The quantitative estimate of drug-likeness (QED) is 0.463. The number of nitrogens with one attached hydrogen (secondary N) is 2. The van der Waals surface area contributed by atoms with Gasteiger partial charge >= 0.3 is 0 Å². The minimum absolute atomic E-state index is 0.0767. The standard InChI is InChI=1S/C25H25N5O3/c1-4-15-29-25(33)21-8-6-5-7-20(21)22(28-29)24(32)27-26-23(31)18-11-13-19(14-12-18)30-16(2)9-10-17(30)3/h5-14H,4,15H2,1-3H3,(H,26,31)(H,27,32).